The van der Waals surface area contributed by atoms with E-state index in [0.717, 1.165) is 13.0 Å². The van der Waals surface area contributed by atoms with E-state index in [2.05, 4.69) is 10.2 Å². The molecule has 3 amide bonds. The molecule has 0 aromatic rings. The lowest BCUT2D eigenvalue weighted by atomic mass is 9.91. The van der Waals surface area contributed by atoms with Crippen molar-refractivity contribution in [2.75, 3.05) is 27.2 Å². The molecule has 0 aromatic carbocycles. The number of rotatable bonds is 6. The Morgan fingerprint density at radius 1 is 1.24 bits per heavy atom. The number of amides is 3. The van der Waals surface area contributed by atoms with E-state index in [1.54, 1.807) is 4.90 Å². The summed E-state index contributed by atoms with van der Waals surface area (Å²) in [6.07, 6.45) is 2.22. The highest BCUT2D eigenvalue weighted by molar-refractivity contribution is 6.06. The SMILES string of the molecule is CCC1(CC)C(=O)NC(=O)N1CCCN(C)C. The van der Waals surface area contributed by atoms with Crippen molar-refractivity contribution in [3.63, 3.8) is 0 Å². The molecule has 0 unspecified atom stereocenters. The van der Waals surface area contributed by atoms with Gasteiger partial charge in [-0.05, 0) is 39.9 Å². The van der Waals surface area contributed by atoms with Crippen LogP contribution in [0, 0.1) is 0 Å². The zero-order valence-electron chi connectivity index (χ0n) is 11.2. The standard InChI is InChI=1S/C12H23N3O2/c1-5-12(6-2)10(16)13-11(17)15(12)9-7-8-14(3)4/h5-9H2,1-4H3,(H,13,16,17). The number of carbonyl (C=O) groups excluding carboxylic acids is 2. The molecule has 1 N–H and O–H groups in total. The molecule has 0 saturated carbocycles. The Morgan fingerprint density at radius 2 is 1.82 bits per heavy atom. The normalized spacial score (nSPS) is 19.0. The van der Waals surface area contributed by atoms with Crippen LogP contribution in [0.1, 0.15) is 33.1 Å². The maximum atomic E-state index is 11.9. The predicted molar refractivity (Wildman–Crippen MR) is 66.7 cm³/mol. The third kappa shape index (κ3) is 2.60. The van der Waals surface area contributed by atoms with Gasteiger partial charge in [0, 0.05) is 6.54 Å². The van der Waals surface area contributed by atoms with Gasteiger partial charge in [0.2, 0.25) is 0 Å². The average Bonchev–Trinajstić information content (AvgIpc) is 2.50. The van der Waals surface area contributed by atoms with Crippen molar-refractivity contribution < 1.29 is 9.59 Å². The number of urea groups is 1. The van der Waals surface area contributed by atoms with Crippen LogP contribution in [0.3, 0.4) is 0 Å². The first-order valence-electron chi connectivity index (χ1n) is 6.25. The zero-order chi connectivity index (χ0) is 13.1. The molecular formula is C12H23N3O2. The van der Waals surface area contributed by atoms with Crippen LogP contribution in [0.2, 0.25) is 0 Å². The van der Waals surface area contributed by atoms with Crippen LogP contribution < -0.4 is 5.32 Å². The monoisotopic (exact) mass is 241 g/mol. The maximum Gasteiger partial charge on any atom is 0.325 e. The van der Waals surface area contributed by atoms with Gasteiger partial charge in [0.15, 0.2) is 0 Å². The number of nitrogens with one attached hydrogen (secondary N) is 1. The summed E-state index contributed by atoms with van der Waals surface area (Å²) < 4.78 is 0. The Balaban J connectivity index is 2.72. The second-order valence-electron chi connectivity index (χ2n) is 4.81. The first-order valence-corrected chi connectivity index (χ1v) is 6.25. The molecule has 1 aliphatic heterocycles. The Labute approximate surface area is 103 Å². The largest absolute Gasteiger partial charge is 0.325 e. The van der Waals surface area contributed by atoms with Gasteiger partial charge in [-0.1, -0.05) is 13.8 Å². The minimum absolute atomic E-state index is 0.141. The summed E-state index contributed by atoms with van der Waals surface area (Å²) in [6.45, 7) is 5.47. The van der Waals surface area contributed by atoms with Crippen LogP contribution in [-0.2, 0) is 4.79 Å². The van der Waals surface area contributed by atoms with Gasteiger partial charge in [0.1, 0.15) is 5.54 Å². The lowest BCUT2D eigenvalue weighted by Crippen LogP contribution is -2.49. The summed E-state index contributed by atoms with van der Waals surface area (Å²) in [7, 11) is 4.00. The third-order valence-electron chi connectivity index (χ3n) is 3.56. The molecule has 0 radical (unpaired) electrons. The number of nitrogens with zero attached hydrogens (tertiary/aromatic N) is 2. The summed E-state index contributed by atoms with van der Waals surface area (Å²) >= 11 is 0. The van der Waals surface area contributed by atoms with Crippen molar-refractivity contribution in [2.24, 2.45) is 0 Å². The molecule has 0 bridgehead atoms. The lowest BCUT2D eigenvalue weighted by molar-refractivity contribution is -0.127. The molecule has 0 atom stereocenters. The van der Waals surface area contributed by atoms with Gasteiger partial charge in [0.05, 0.1) is 0 Å². The van der Waals surface area contributed by atoms with E-state index in [0.29, 0.717) is 19.4 Å². The molecule has 0 aliphatic carbocycles. The van der Waals surface area contributed by atoms with Crippen molar-refractivity contribution in [1.82, 2.24) is 15.1 Å². The van der Waals surface area contributed by atoms with Crippen LogP contribution in [0.4, 0.5) is 4.79 Å². The number of hydrogen-bond acceptors (Lipinski definition) is 3. The summed E-state index contributed by atoms with van der Waals surface area (Å²) in [4.78, 5) is 27.5. The van der Waals surface area contributed by atoms with Gasteiger partial charge in [-0.3, -0.25) is 10.1 Å². The van der Waals surface area contributed by atoms with E-state index in [9.17, 15) is 9.59 Å². The average molecular weight is 241 g/mol. The minimum atomic E-state index is -0.622. The van der Waals surface area contributed by atoms with Crippen molar-refractivity contribution >= 4 is 11.9 Å². The lowest BCUT2D eigenvalue weighted by Gasteiger charge is -2.33. The van der Waals surface area contributed by atoms with Gasteiger partial charge in [-0.25, -0.2) is 4.79 Å². The second kappa shape index (κ2) is 5.49. The van der Waals surface area contributed by atoms with Crippen molar-refractivity contribution in [3.05, 3.63) is 0 Å². The summed E-state index contributed by atoms with van der Waals surface area (Å²) in [5.74, 6) is -0.141. The van der Waals surface area contributed by atoms with Crippen LogP contribution in [-0.4, -0.2) is 54.5 Å². The van der Waals surface area contributed by atoms with Crippen molar-refractivity contribution in [2.45, 2.75) is 38.6 Å². The Hall–Kier alpha value is -1.10. The molecule has 5 heteroatoms. The maximum absolute atomic E-state index is 11.9. The van der Waals surface area contributed by atoms with E-state index in [1.165, 1.54) is 0 Å². The smallest absolute Gasteiger partial charge is 0.310 e. The Kier molecular flexibility index (Phi) is 4.51. The fourth-order valence-corrected chi connectivity index (χ4v) is 2.41. The molecule has 1 heterocycles. The molecule has 0 spiro atoms. The van der Waals surface area contributed by atoms with E-state index >= 15 is 0 Å². The predicted octanol–water partition coefficient (Wildman–Crippen LogP) is 1.05. The number of imide groups is 1. The topological polar surface area (TPSA) is 52.7 Å². The summed E-state index contributed by atoms with van der Waals surface area (Å²) in [5.41, 5.74) is -0.622. The van der Waals surface area contributed by atoms with E-state index in [-0.39, 0.29) is 11.9 Å². The molecule has 17 heavy (non-hydrogen) atoms. The van der Waals surface area contributed by atoms with Crippen molar-refractivity contribution in [1.29, 1.82) is 0 Å². The van der Waals surface area contributed by atoms with E-state index in [1.807, 2.05) is 27.9 Å². The van der Waals surface area contributed by atoms with Gasteiger partial charge >= 0.3 is 6.03 Å². The van der Waals surface area contributed by atoms with Crippen LogP contribution in [0.5, 0.6) is 0 Å². The minimum Gasteiger partial charge on any atom is -0.310 e. The molecule has 98 valence electrons. The first-order chi connectivity index (χ1) is 7.97. The molecule has 5 nitrogen and oxygen atoms in total. The Bertz CT molecular complexity index is 298. The van der Waals surface area contributed by atoms with Crippen LogP contribution in [0.15, 0.2) is 0 Å². The third-order valence-corrected chi connectivity index (χ3v) is 3.56. The first kappa shape index (κ1) is 14.0. The summed E-state index contributed by atoms with van der Waals surface area (Å²) in [5, 5.41) is 2.43. The van der Waals surface area contributed by atoms with Crippen LogP contribution in [0.25, 0.3) is 0 Å². The number of carbonyl (C=O) groups is 2. The fraction of sp³-hybridized carbons (Fsp3) is 0.833. The van der Waals surface area contributed by atoms with Gasteiger partial charge in [-0.2, -0.15) is 0 Å². The highest BCUT2D eigenvalue weighted by atomic mass is 16.2. The summed E-state index contributed by atoms with van der Waals surface area (Å²) in [6, 6.07) is -0.238. The van der Waals surface area contributed by atoms with Gasteiger partial charge in [-0.15, -0.1) is 0 Å². The molecule has 1 fully saturated rings. The van der Waals surface area contributed by atoms with Crippen molar-refractivity contribution in [3.8, 4) is 0 Å². The quantitative estimate of drug-likeness (QED) is 0.707. The highest BCUT2D eigenvalue weighted by Gasteiger charge is 2.49. The van der Waals surface area contributed by atoms with Gasteiger partial charge in [0.25, 0.3) is 5.91 Å². The number of hydrogen-bond donors (Lipinski definition) is 1. The fourth-order valence-electron chi connectivity index (χ4n) is 2.41. The van der Waals surface area contributed by atoms with E-state index in [4.69, 9.17) is 0 Å². The highest BCUT2D eigenvalue weighted by Crippen LogP contribution is 2.29. The molecule has 1 aliphatic rings. The Morgan fingerprint density at radius 3 is 2.29 bits per heavy atom. The molecule has 1 saturated heterocycles. The molecule has 1 rings (SSSR count). The van der Waals surface area contributed by atoms with Crippen LogP contribution >= 0.6 is 0 Å². The van der Waals surface area contributed by atoms with Gasteiger partial charge < -0.3 is 9.80 Å². The zero-order valence-corrected chi connectivity index (χ0v) is 11.2. The second-order valence-corrected chi connectivity index (χ2v) is 4.81. The molecule has 0 aromatic heterocycles. The molecular weight excluding hydrogens is 218 g/mol. The van der Waals surface area contributed by atoms with E-state index < -0.39 is 5.54 Å².